The number of hydrogen-bond donors (Lipinski definition) is 0. The van der Waals surface area contributed by atoms with E-state index in [1.54, 1.807) is 48.5 Å². The maximum atomic E-state index is 12.3. The van der Waals surface area contributed by atoms with Crippen molar-refractivity contribution in [2.45, 2.75) is 0 Å². The number of esters is 1. The zero-order chi connectivity index (χ0) is 20.2. The predicted octanol–water partition coefficient (Wildman–Crippen LogP) is 6.23. The number of halogens is 1. The number of aromatic nitrogens is 1. The van der Waals surface area contributed by atoms with E-state index in [1.807, 2.05) is 30.3 Å². The highest BCUT2D eigenvalue weighted by molar-refractivity contribution is 7.19. The van der Waals surface area contributed by atoms with Gasteiger partial charge in [0.05, 0.1) is 21.4 Å². The standard InChI is InChI=1S/C23H13ClN2O2S/c24-18-10-8-16(9-11-18)23(27)28-19-5-3-4-15(13-19)12-17(14-25)22-26-20-6-1-2-7-21(20)29-22/h1-13H/b17-12+. The van der Waals surface area contributed by atoms with Gasteiger partial charge < -0.3 is 4.74 Å². The van der Waals surface area contributed by atoms with E-state index >= 15 is 0 Å². The first kappa shape index (κ1) is 18.9. The summed E-state index contributed by atoms with van der Waals surface area (Å²) >= 11 is 7.31. The molecule has 0 aliphatic carbocycles. The van der Waals surface area contributed by atoms with Gasteiger partial charge in [-0.15, -0.1) is 11.3 Å². The van der Waals surface area contributed by atoms with E-state index in [9.17, 15) is 10.1 Å². The minimum Gasteiger partial charge on any atom is -0.423 e. The van der Waals surface area contributed by atoms with E-state index < -0.39 is 5.97 Å². The zero-order valence-corrected chi connectivity index (χ0v) is 16.6. The summed E-state index contributed by atoms with van der Waals surface area (Å²) in [5.41, 5.74) is 2.46. The molecule has 0 saturated heterocycles. The van der Waals surface area contributed by atoms with E-state index in [4.69, 9.17) is 16.3 Å². The van der Waals surface area contributed by atoms with E-state index in [-0.39, 0.29) is 0 Å². The fraction of sp³-hybridized carbons (Fsp3) is 0. The molecule has 140 valence electrons. The van der Waals surface area contributed by atoms with E-state index in [1.165, 1.54) is 11.3 Å². The number of nitriles is 1. The Bertz CT molecular complexity index is 1240. The quantitative estimate of drug-likeness (QED) is 0.224. The molecule has 0 aliphatic rings. The molecule has 0 atom stereocenters. The molecule has 29 heavy (non-hydrogen) atoms. The SMILES string of the molecule is N#C/C(=C\c1cccc(OC(=O)c2ccc(Cl)cc2)c1)c1nc2ccccc2s1. The number of fused-ring (bicyclic) bond motifs is 1. The third kappa shape index (κ3) is 4.35. The summed E-state index contributed by atoms with van der Waals surface area (Å²) < 4.78 is 6.47. The summed E-state index contributed by atoms with van der Waals surface area (Å²) in [5.74, 6) is -0.0882. The van der Waals surface area contributed by atoms with E-state index in [0.717, 1.165) is 15.8 Å². The summed E-state index contributed by atoms with van der Waals surface area (Å²) in [6.07, 6.45) is 1.73. The van der Waals surface area contributed by atoms with Crippen LogP contribution in [0.4, 0.5) is 0 Å². The first-order chi connectivity index (χ1) is 14.1. The van der Waals surface area contributed by atoms with Crippen molar-refractivity contribution in [3.63, 3.8) is 0 Å². The number of nitrogens with zero attached hydrogens (tertiary/aromatic N) is 2. The Hall–Kier alpha value is -3.46. The third-order valence-electron chi connectivity index (χ3n) is 4.10. The van der Waals surface area contributed by atoms with Crippen molar-refractivity contribution >= 4 is 50.8 Å². The molecule has 0 radical (unpaired) electrons. The number of para-hydroxylation sites is 1. The number of carbonyl (C=O) groups excluding carboxylic acids is 1. The van der Waals surface area contributed by atoms with Crippen LogP contribution in [0, 0.1) is 11.3 Å². The number of allylic oxidation sites excluding steroid dienone is 1. The maximum absolute atomic E-state index is 12.3. The Balaban J connectivity index is 1.59. The summed E-state index contributed by atoms with van der Waals surface area (Å²) in [4.78, 5) is 16.8. The van der Waals surface area contributed by atoms with Crippen LogP contribution in [0.2, 0.25) is 5.02 Å². The minimum absolute atomic E-state index is 0.389. The van der Waals surface area contributed by atoms with Gasteiger partial charge in [0, 0.05) is 5.02 Å². The van der Waals surface area contributed by atoms with Gasteiger partial charge in [-0.25, -0.2) is 9.78 Å². The summed E-state index contributed by atoms with van der Waals surface area (Å²) in [6.45, 7) is 0. The van der Waals surface area contributed by atoms with Gasteiger partial charge in [0.25, 0.3) is 0 Å². The number of thiazole rings is 1. The molecule has 0 fully saturated rings. The molecule has 3 aromatic carbocycles. The van der Waals surface area contributed by atoms with Crippen LogP contribution in [-0.2, 0) is 0 Å². The van der Waals surface area contributed by atoms with Crippen molar-refractivity contribution in [2.24, 2.45) is 0 Å². The van der Waals surface area contributed by atoms with Gasteiger partial charge in [-0.2, -0.15) is 5.26 Å². The molecule has 0 amide bonds. The molecule has 4 nitrogen and oxygen atoms in total. The summed E-state index contributed by atoms with van der Waals surface area (Å²) in [7, 11) is 0. The Labute approximate surface area is 176 Å². The normalized spacial score (nSPS) is 11.2. The zero-order valence-electron chi connectivity index (χ0n) is 15.0. The summed E-state index contributed by atoms with van der Waals surface area (Å²) in [6, 6.07) is 23.4. The van der Waals surface area contributed by atoms with Crippen LogP contribution in [0.1, 0.15) is 20.9 Å². The topological polar surface area (TPSA) is 63.0 Å². The van der Waals surface area contributed by atoms with Crippen molar-refractivity contribution in [3.05, 3.63) is 94.0 Å². The van der Waals surface area contributed by atoms with Crippen LogP contribution < -0.4 is 4.74 Å². The molecule has 1 heterocycles. The second-order valence-corrected chi connectivity index (χ2v) is 7.59. The van der Waals surface area contributed by atoms with Crippen molar-refractivity contribution in [3.8, 4) is 11.8 Å². The fourth-order valence-corrected chi connectivity index (χ4v) is 3.77. The van der Waals surface area contributed by atoms with Crippen LogP contribution in [0.15, 0.2) is 72.8 Å². The van der Waals surface area contributed by atoms with Crippen molar-refractivity contribution in [2.75, 3.05) is 0 Å². The summed E-state index contributed by atoms with van der Waals surface area (Å²) in [5, 5.41) is 10.8. The number of carbonyl (C=O) groups is 1. The number of benzene rings is 3. The minimum atomic E-state index is -0.477. The highest BCUT2D eigenvalue weighted by Crippen LogP contribution is 2.28. The van der Waals surface area contributed by atoms with Crippen molar-refractivity contribution < 1.29 is 9.53 Å². The van der Waals surface area contributed by atoms with Crippen LogP contribution in [0.3, 0.4) is 0 Å². The van der Waals surface area contributed by atoms with Gasteiger partial charge in [-0.05, 0) is 60.2 Å². The molecule has 0 spiro atoms. The Morgan fingerprint density at radius 2 is 1.86 bits per heavy atom. The second-order valence-electron chi connectivity index (χ2n) is 6.13. The lowest BCUT2D eigenvalue weighted by Crippen LogP contribution is -2.08. The van der Waals surface area contributed by atoms with Gasteiger partial charge in [0.2, 0.25) is 0 Å². The lowest BCUT2D eigenvalue weighted by atomic mass is 10.1. The molecule has 0 aliphatic heterocycles. The van der Waals surface area contributed by atoms with Gasteiger partial charge in [0.15, 0.2) is 0 Å². The van der Waals surface area contributed by atoms with E-state index in [2.05, 4.69) is 11.1 Å². The highest BCUT2D eigenvalue weighted by Gasteiger charge is 2.11. The molecule has 4 rings (SSSR count). The Kier molecular flexibility index (Phi) is 5.39. The number of rotatable bonds is 4. The lowest BCUT2D eigenvalue weighted by Gasteiger charge is -2.05. The first-order valence-electron chi connectivity index (χ1n) is 8.68. The lowest BCUT2D eigenvalue weighted by molar-refractivity contribution is 0.0735. The Morgan fingerprint density at radius 3 is 2.62 bits per heavy atom. The molecule has 0 unspecified atom stereocenters. The monoisotopic (exact) mass is 416 g/mol. The van der Waals surface area contributed by atoms with E-state index in [0.29, 0.717) is 26.9 Å². The largest absolute Gasteiger partial charge is 0.423 e. The van der Waals surface area contributed by atoms with Crippen LogP contribution >= 0.6 is 22.9 Å². The number of ether oxygens (including phenoxy) is 1. The maximum Gasteiger partial charge on any atom is 0.343 e. The number of hydrogen-bond acceptors (Lipinski definition) is 5. The Morgan fingerprint density at radius 1 is 1.07 bits per heavy atom. The van der Waals surface area contributed by atoms with Crippen LogP contribution in [0.5, 0.6) is 5.75 Å². The van der Waals surface area contributed by atoms with Gasteiger partial charge in [-0.1, -0.05) is 35.9 Å². The van der Waals surface area contributed by atoms with Gasteiger partial charge in [0.1, 0.15) is 16.8 Å². The van der Waals surface area contributed by atoms with Crippen molar-refractivity contribution in [1.82, 2.24) is 4.98 Å². The average molecular weight is 417 g/mol. The van der Waals surface area contributed by atoms with Gasteiger partial charge in [-0.3, -0.25) is 0 Å². The van der Waals surface area contributed by atoms with Gasteiger partial charge >= 0.3 is 5.97 Å². The first-order valence-corrected chi connectivity index (χ1v) is 9.87. The molecular weight excluding hydrogens is 404 g/mol. The molecule has 0 N–H and O–H groups in total. The predicted molar refractivity (Wildman–Crippen MR) is 116 cm³/mol. The molecule has 6 heteroatoms. The smallest absolute Gasteiger partial charge is 0.343 e. The fourth-order valence-electron chi connectivity index (χ4n) is 2.72. The second kappa shape index (κ2) is 8.27. The molecule has 0 bridgehead atoms. The third-order valence-corrected chi connectivity index (χ3v) is 5.43. The molecule has 0 saturated carbocycles. The van der Waals surface area contributed by atoms with Crippen LogP contribution in [0.25, 0.3) is 21.9 Å². The average Bonchev–Trinajstić information content (AvgIpc) is 3.17. The van der Waals surface area contributed by atoms with Crippen LogP contribution in [-0.4, -0.2) is 11.0 Å². The molecule has 4 aromatic rings. The highest BCUT2D eigenvalue weighted by atomic mass is 35.5. The molecular formula is C23H13ClN2O2S. The van der Waals surface area contributed by atoms with Crippen molar-refractivity contribution in [1.29, 1.82) is 5.26 Å². The molecule has 1 aromatic heterocycles.